The third-order valence-corrected chi connectivity index (χ3v) is 3.55. The lowest BCUT2D eigenvalue weighted by Gasteiger charge is -2.23. The minimum Gasteiger partial charge on any atom is -0.323 e. The number of carbonyl (C=O) groups excluding carboxylic acids is 2. The van der Waals surface area contributed by atoms with Gasteiger partial charge in [0.15, 0.2) is 0 Å². The number of hydrogen-bond acceptors (Lipinski definition) is 4. The van der Waals surface area contributed by atoms with Crippen LogP contribution >= 0.6 is 12.4 Å². The van der Waals surface area contributed by atoms with Crippen molar-refractivity contribution in [3.8, 4) is 0 Å². The quantitative estimate of drug-likeness (QED) is 0.869. The average molecular weight is 333 g/mol. The Morgan fingerprint density at radius 1 is 1.30 bits per heavy atom. The summed E-state index contributed by atoms with van der Waals surface area (Å²) in [6.07, 6.45) is 3.53. The van der Waals surface area contributed by atoms with Crippen molar-refractivity contribution in [2.75, 3.05) is 16.8 Å². The molecule has 2 amide bonds. The molecule has 1 aliphatic heterocycles. The number of nitrogens with one attached hydrogen (secondary N) is 1. The monoisotopic (exact) mass is 332 g/mol. The van der Waals surface area contributed by atoms with Crippen LogP contribution in [0.5, 0.6) is 0 Å². The van der Waals surface area contributed by atoms with Gasteiger partial charge in [0.1, 0.15) is 6.04 Å². The van der Waals surface area contributed by atoms with E-state index >= 15 is 0 Å². The molecular formula is C16H17ClN4O2. The first-order valence-corrected chi connectivity index (χ1v) is 7.00. The van der Waals surface area contributed by atoms with Crippen molar-refractivity contribution in [1.82, 2.24) is 4.98 Å². The molecule has 0 spiro atoms. The second kappa shape index (κ2) is 7.21. The molecule has 2 aromatic rings. The number of rotatable bonds is 2. The summed E-state index contributed by atoms with van der Waals surface area (Å²) in [6.45, 7) is 0.155. The largest absolute Gasteiger partial charge is 0.323 e. The van der Waals surface area contributed by atoms with Crippen molar-refractivity contribution in [2.45, 2.75) is 12.5 Å². The molecule has 3 N–H and O–H groups in total. The van der Waals surface area contributed by atoms with E-state index < -0.39 is 6.04 Å². The molecule has 23 heavy (non-hydrogen) atoms. The minimum absolute atomic E-state index is 0. The van der Waals surface area contributed by atoms with Gasteiger partial charge >= 0.3 is 0 Å². The van der Waals surface area contributed by atoms with E-state index in [1.165, 1.54) is 0 Å². The lowest BCUT2D eigenvalue weighted by molar-refractivity contribution is -0.118. The fourth-order valence-corrected chi connectivity index (χ4v) is 2.43. The number of benzene rings is 1. The number of nitrogens with zero attached hydrogens (tertiary/aromatic N) is 2. The Morgan fingerprint density at radius 2 is 2.09 bits per heavy atom. The Morgan fingerprint density at radius 3 is 2.83 bits per heavy atom. The van der Waals surface area contributed by atoms with Crippen LogP contribution in [0.3, 0.4) is 0 Å². The number of fused-ring (bicyclic) bond motifs is 1. The van der Waals surface area contributed by atoms with Gasteiger partial charge in [-0.05, 0) is 23.8 Å². The van der Waals surface area contributed by atoms with Crippen LogP contribution < -0.4 is 16.0 Å². The SMILES string of the molecule is Cl.N[C@H]1CN(C(=O)Cc2cccnc2)c2ccccc2NC1=O. The highest BCUT2D eigenvalue weighted by molar-refractivity contribution is 6.06. The van der Waals surface area contributed by atoms with Crippen molar-refractivity contribution in [3.05, 3.63) is 54.4 Å². The molecule has 3 rings (SSSR count). The maximum Gasteiger partial charge on any atom is 0.243 e. The zero-order valence-corrected chi connectivity index (χ0v) is 13.1. The van der Waals surface area contributed by atoms with Crippen LogP contribution in [-0.4, -0.2) is 29.4 Å². The van der Waals surface area contributed by atoms with E-state index in [0.29, 0.717) is 11.4 Å². The van der Waals surface area contributed by atoms with Gasteiger partial charge in [0.2, 0.25) is 11.8 Å². The average Bonchev–Trinajstić information content (AvgIpc) is 2.66. The van der Waals surface area contributed by atoms with Crippen LogP contribution in [0.4, 0.5) is 11.4 Å². The Labute approximate surface area is 140 Å². The van der Waals surface area contributed by atoms with E-state index in [1.54, 1.807) is 41.6 Å². The molecule has 0 bridgehead atoms. The molecule has 0 radical (unpaired) electrons. The molecule has 0 saturated heterocycles. The maximum absolute atomic E-state index is 12.6. The Bertz CT molecular complexity index is 708. The Balaban J connectivity index is 0.00000192. The number of para-hydroxylation sites is 2. The number of hydrogen-bond donors (Lipinski definition) is 2. The molecular weight excluding hydrogens is 316 g/mol. The molecule has 1 aromatic heterocycles. The Hall–Kier alpha value is -2.44. The van der Waals surface area contributed by atoms with Crippen molar-refractivity contribution < 1.29 is 9.59 Å². The number of amides is 2. The first kappa shape index (κ1) is 16.9. The fourth-order valence-electron chi connectivity index (χ4n) is 2.43. The van der Waals surface area contributed by atoms with Gasteiger partial charge in [-0.1, -0.05) is 18.2 Å². The number of carbonyl (C=O) groups is 2. The summed E-state index contributed by atoms with van der Waals surface area (Å²) in [5, 5.41) is 2.75. The number of nitrogens with two attached hydrogens (primary N) is 1. The number of halogens is 1. The predicted octanol–water partition coefficient (Wildman–Crippen LogP) is 1.36. The smallest absolute Gasteiger partial charge is 0.243 e. The van der Waals surface area contributed by atoms with Gasteiger partial charge in [-0.3, -0.25) is 14.6 Å². The number of aromatic nitrogens is 1. The van der Waals surface area contributed by atoms with Crippen LogP contribution in [0.2, 0.25) is 0 Å². The molecule has 1 atom stereocenters. The van der Waals surface area contributed by atoms with E-state index in [4.69, 9.17) is 5.73 Å². The van der Waals surface area contributed by atoms with Gasteiger partial charge in [-0.15, -0.1) is 12.4 Å². The summed E-state index contributed by atoms with van der Waals surface area (Å²) < 4.78 is 0. The van der Waals surface area contributed by atoms with E-state index in [1.807, 2.05) is 12.1 Å². The maximum atomic E-state index is 12.6. The van der Waals surface area contributed by atoms with Gasteiger partial charge < -0.3 is 16.0 Å². The third kappa shape index (κ3) is 3.67. The van der Waals surface area contributed by atoms with E-state index in [9.17, 15) is 9.59 Å². The highest BCUT2D eigenvalue weighted by atomic mass is 35.5. The zero-order chi connectivity index (χ0) is 15.5. The van der Waals surface area contributed by atoms with Crippen molar-refractivity contribution in [3.63, 3.8) is 0 Å². The van der Waals surface area contributed by atoms with Gasteiger partial charge in [0, 0.05) is 12.4 Å². The summed E-state index contributed by atoms with van der Waals surface area (Å²) >= 11 is 0. The van der Waals surface area contributed by atoms with E-state index in [0.717, 1.165) is 5.56 Å². The van der Waals surface area contributed by atoms with Gasteiger partial charge in [0.25, 0.3) is 0 Å². The highest BCUT2D eigenvalue weighted by Crippen LogP contribution is 2.28. The van der Waals surface area contributed by atoms with Crippen LogP contribution in [0, 0.1) is 0 Å². The van der Waals surface area contributed by atoms with Crippen LogP contribution in [-0.2, 0) is 16.0 Å². The standard InChI is InChI=1S/C16H16N4O2.ClH/c17-12-10-20(15(21)8-11-4-3-7-18-9-11)14-6-2-1-5-13(14)19-16(12)22;/h1-7,9,12H,8,10,17H2,(H,19,22);1H/t12-;/m0./s1. The van der Waals surface area contributed by atoms with Gasteiger partial charge in [-0.2, -0.15) is 0 Å². The first-order valence-electron chi connectivity index (χ1n) is 7.00. The topological polar surface area (TPSA) is 88.3 Å². The van der Waals surface area contributed by atoms with Crippen molar-refractivity contribution in [2.24, 2.45) is 5.73 Å². The second-order valence-electron chi connectivity index (χ2n) is 5.16. The van der Waals surface area contributed by atoms with E-state index in [2.05, 4.69) is 10.3 Å². The summed E-state index contributed by atoms with van der Waals surface area (Å²) in [5.41, 5.74) is 7.94. The first-order chi connectivity index (χ1) is 10.6. The summed E-state index contributed by atoms with van der Waals surface area (Å²) in [5.74, 6) is -0.406. The van der Waals surface area contributed by atoms with Crippen molar-refractivity contribution >= 4 is 35.6 Å². The summed E-state index contributed by atoms with van der Waals surface area (Å²) in [7, 11) is 0. The summed E-state index contributed by atoms with van der Waals surface area (Å²) in [4.78, 5) is 30.1. The predicted molar refractivity (Wildman–Crippen MR) is 90.6 cm³/mol. The third-order valence-electron chi connectivity index (χ3n) is 3.55. The lowest BCUT2D eigenvalue weighted by atomic mass is 10.1. The molecule has 0 saturated carbocycles. The molecule has 0 unspecified atom stereocenters. The molecule has 6 nitrogen and oxygen atoms in total. The van der Waals surface area contributed by atoms with Gasteiger partial charge in [-0.25, -0.2) is 0 Å². The molecule has 0 fully saturated rings. The Kier molecular flexibility index (Phi) is 5.31. The lowest BCUT2D eigenvalue weighted by Crippen LogP contribution is -2.45. The molecule has 7 heteroatoms. The molecule has 0 aliphatic carbocycles. The van der Waals surface area contributed by atoms with Crippen LogP contribution in [0.1, 0.15) is 5.56 Å². The minimum atomic E-state index is -0.759. The number of pyridine rings is 1. The normalized spacial score (nSPS) is 16.7. The molecule has 120 valence electrons. The fraction of sp³-hybridized carbons (Fsp3) is 0.188. The molecule has 1 aliphatic rings. The summed E-state index contributed by atoms with van der Waals surface area (Å²) in [6, 6.07) is 10.1. The van der Waals surface area contributed by atoms with Crippen LogP contribution in [0.25, 0.3) is 0 Å². The zero-order valence-electron chi connectivity index (χ0n) is 12.3. The number of anilines is 2. The second-order valence-corrected chi connectivity index (χ2v) is 5.16. The highest BCUT2D eigenvalue weighted by Gasteiger charge is 2.28. The molecule has 2 heterocycles. The molecule has 1 aromatic carbocycles. The van der Waals surface area contributed by atoms with Crippen LogP contribution in [0.15, 0.2) is 48.8 Å². The van der Waals surface area contributed by atoms with Gasteiger partial charge in [0.05, 0.1) is 24.3 Å². The van der Waals surface area contributed by atoms with E-state index in [-0.39, 0.29) is 37.2 Å². The van der Waals surface area contributed by atoms with Crippen molar-refractivity contribution in [1.29, 1.82) is 0 Å².